The van der Waals surface area contributed by atoms with Gasteiger partial charge in [-0.15, -0.1) is 0 Å². The fourth-order valence-corrected chi connectivity index (χ4v) is 3.73. The van der Waals surface area contributed by atoms with E-state index in [2.05, 4.69) is 10.6 Å². The minimum absolute atomic E-state index is 0.0931. The van der Waals surface area contributed by atoms with Crippen molar-refractivity contribution in [2.24, 2.45) is 0 Å². The molecule has 1 fully saturated rings. The molecule has 3 aromatic carbocycles. The standard InChI is InChI=1S/C24H25FN2O3/c1-29-23-7-6-20(25)14-22(23)18-4-2-17-13-19(5-3-16(17)12-18)24(28)27-9-8-21-15-30-11-10-26-21/h2-7,12-14,21,26H,8-11,15H2,1H3,(H,27,28). The predicted octanol–water partition coefficient (Wildman–Crippen LogP) is 3.76. The number of hydrogen-bond donors (Lipinski definition) is 2. The lowest BCUT2D eigenvalue weighted by atomic mass is 9.99. The van der Waals surface area contributed by atoms with E-state index in [1.807, 2.05) is 36.4 Å². The minimum Gasteiger partial charge on any atom is -0.496 e. The van der Waals surface area contributed by atoms with Gasteiger partial charge in [-0.05, 0) is 59.2 Å². The molecule has 1 amide bonds. The summed E-state index contributed by atoms with van der Waals surface area (Å²) in [6, 6.07) is 16.2. The first-order valence-electron chi connectivity index (χ1n) is 10.1. The Labute approximate surface area is 175 Å². The van der Waals surface area contributed by atoms with Crippen molar-refractivity contribution in [2.75, 3.05) is 33.4 Å². The Morgan fingerprint density at radius 3 is 2.80 bits per heavy atom. The summed E-state index contributed by atoms with van der Waals surface area (Å²) < 4.78 is 24.5. The summed E-state index contributed by atoms with van der Waals surface area (Å²) in [6.45, 7) is 2.88. The molecule has 30 heavy (non-hydrogen) atoms. The van der Waals surface area contributed by atoms with Crippen molar-refractivity contribution < 1.29 is 18.7 Å². The van der Waals surface area contributed by atoms with Crippen LogP contribution < -0.4 is 15.4 Å². The lowest BCUT2D eigenvalue weighted by molar-refractivity contribution is 0.0733. The van der Waals surface area contributed by atoms with Crippen molar-refractivity contribution in [1.82, 2.24) is 10.6 Å². The minimum atomic E-state index is -0.312. The van der Waals surface area contributed by atoms with Crippen molar-refractivity contribution >= 4 is 16.7 Å². The third kappa shape index (κ3) is 4.61. The van der Waals surface area contributed by atoms with E-state index in [9.17, 15) is 9.18 Å². The number of hydrogen-bond acceptors (Lipinski definition) is 4. The monoisotopic (exact) mass is 408 g/mol. The molecule has 1 unspecified atom stereocenters. The highest BCUT2D eigenvalue weighted by Gasteiger charge is 2.14. The van der Waals surface area contributed by atoms with Crippen molar-refractivity contribution in [2.45, 2.75) is 12.5 Å². The summed E-state index contributed by atoms with van der Waals surface area (Å²) >= 11 is 0. The smallest absolute Gasteiger partial charge is 0.251 e. The van der Waals surface area contributed by atoms with Crippen LogP contribution in [0.2, 0.25) is 0 Å². The van der Waals surface area contributed by atoms with Gasteiger partial charge in [0.15, 0.2) is 0 Å². The van der Waals surface area contributed by atoms with Gasteiger partial charge in [-0.25, -0.2) is 4.39 Å². The van der Waals surface area contributed by atoms with Gasteiger partial charge in [0.25, 0.3) is 5.91 Å². The Morgan fingerprint density at radius 2 is 2.00 bits per heavy atom. The molecule has 3 aromatic rings. The van der Waals surface area contributed by atoms with Crippen LogP contribution in [0.1, 0.15) is 16.8 Å². The number of benzene rings is 3. The zero-order valence-corrected chi connectivity index (χ0v) is 16.9. The summed E-state index contributed by atoms with van der Waals surface area (Å²) in [7, 11) is 1.57. The maximum Gasteiger partial charge on any atom is 0.251 e. The first-order valence-corrected chi connectivity index (χ1v) is 10.1. The van der Waals surface area contributed by atoms with Crippen LogP contribution in [0.5, 0.6) is 5.75 Å². The van der Waals surface area contributed by atoms with E-state index in [-0.39, 0.29) is 17.8 Å². The van der Waals surface area contributed by atoms with Gasteiger partial charge < -0.3 is 20.1 Å². The molecular weight excluding hydrogens is 383 g/mol. The molecule has 0 bridgehead atoms. The SMILES string of the molecule is COc1ccc(F)cc1-c1ccc2cc(C(=O)NCCC3COCCN3)ccc2c1. The topological polar surface area (TPSA) is 59.6 Å². The van der Waals surface area contributed by atoms with Crippen molar-refractivity contribution in [3.63, 3.8) is 0 Å². The first kappa shape index (κ1) is 20.3. The van der Waals surface area contributed by atoms with Crippen LogP contribution in [0.25, 0.3) is 21.9 Å². The summed E-state index contributed by atoms with van der Waals surface area (Å²) in [5, 5.41) is 8.27. The average molecular weight is 408 g/mol. The van der Waals surface area contributed by atoms with Crippen LogP contribution in [0.15, 0.2) is 54.6 Å². The molecule has 0 aliphatic carbocycles. The van der Waals surface area contributed by atoms with Crippen LogP contribution in [-0.4, -0.2) is 45.4 Å². The summed E-state index contributed by atoms with van der Waals surface area (Å²) in [5.41, 5.74) is 2.17. The van der Waals surface area contributed by atoms with Crippen LogP contribution in [0.3, 0.4) is 0 Å². The molecule has 1 atom stereocenters. The van der Waals surface area contributed by atoms with Crippen LogP contribution >= 0.6 is 0 Å². The van der Waals surface area contributed by atoms with Gasteiger partial charge in [-0.2, -0.15) is 0 Å². The molecule has 1 aliphatic rings. The number of morpholine rings is 1. The Morgan fingerprint density at radius 1 is 1.17 bits per heavy atom. The molecule has 6 heteroatoms. The number of carbonyl (C=O) groups is 1. The van der Waals surface area contributed by atoms with Gasteiger partial charge in [0, 0.05) is 30.3 Å². The number of carbonyl (C=O) groups excluding carboxylic acids is 1. The molecule has 1 saturated heterocycles. The molecule has 4 rings (SSSR count). The second kappa shape index (κ2) is 9.24. The van der Waals surface area contributed by atoms with Crippen LogP contribution in [0.4, 0.5) is 4.39 Å². The van der Waals surface area contributed by atoms with Gasteiger partial charge in [0.05, 0.1) is 20.3 Å². The maximum absolute atomic E-state index is 13.7. The zero-order chi connectivity index (χ0) is 20.9. The van der Waals surface area contributed by atoms with Gasteiger partial charge in [0.1, 0.15) is 11.6 Å². The third-order valence-corrected chi connectivity index (χ3v) is 5.35. The van der Waals surface area contributed by atoms with E-state index >= 15 is 0 Å². The van der Waals surface area contributed by atoms with Crippen molar-refractivity contribution in [3.8, 4) is 16.9 Å². The van der Waals surface area contributed by atoms with E-state index in [4.69, 9.17) is 9.47 Å². The lowest BCUT2D eigenvalue weighted by Crippen LogP contribution is -2.43. The van der Waals surface area contributed by atoms with E-state index in [1.54, 1.807) is 13.2 Å². The average Bonchev–Trinajstić information content (AvgIpc) is 2.79. The molecular formula is C24H25FN2O3. The Kier molecular flexibility index (Phi) is 6.26. The normalized spacial score (nSPS) is 16.4. The third-order valence-electron chi connectivity index (χ3n) is 5.35. The Hall–Kier alpha value is -2.96. The van der Waals surface area contributed by atoms with E-state index in [1.165, 1.54) is 12.1 Å². The number of halogens is 1. The summed E-state index contributed by atoms with van der Waals surface area (Å²) in [5.74, 6) is 0.210. The molecule has 1 heterocycles. The lowest BCUT2D eigenvalue weighted by Gasteiger charge is -2.23. The van der Waals surface area contributed by atoms with Crippen LogP contribution in [0, 0.1) is 5.82 Å². The highest BCUT2D eigenvalue weighted by molar-refractivity contribution is 5.99. The molecule has 0 saturated carbocycles. The van der Waals surface area contributed by atoms with E-state index < -0.39 is 0 Å². The molecule has 156 valence electrons. The largest absolute Gasteiger partial charge is 0.496 e. The van der Waals surface area contributed by atoms with Gasteiger partial charge in [-0.3, -0.25) is 4.79 Å². The highest BCUT2D eigenvalue weighted by Crippen LogP contribution is 2.32. The first-order chi connectivity index (χ1) is 14.6. The summed E-state index contributed by atoms with van der Waals surface area (Å²) in [4.78, 5) is 12.5. The number of nitrogens with one attached hydrogen (secondary N) is 2. The van der Waals surface area contributed by atoms with Gasteiger partial charge >= 0.3 is 0 Å². The van der Waals surface area contributed by atoms with Crippen molar-refractivity contribution in [3.05, 3.63) is 66.0 Å². The molecule has 2 N–H and O–H groups in total. The molecule has 5 nitrogen and oxygen atoms in total. The Balaban J connectivity index is 1.48. The zero-order valence-electron chi connectivity index (χ0n) is 16.9. The molecule has 1 aliphatic heterocycles. The number of amides is 1. The Bertz CT molecular complexity index is 1050. The maximum atomic E-state index is 13.7. The van der Waals surface area contributed by atoms with E-state index in [0.717, 1.165) is 35.9 Å². The van der Waals surface area contributed by atoms with Crippen molar-refractivity contribution in [1.29, 1.82) is 0 Å². The number of ether oxygens (including phenoxy) is 2. The second-order valence-electron chi connectivity index (χ2n) is 7.39. The van der Waals surface area contributed by atoms with Crippen LogP contribution in [-0.2, 0) is 4.74 Å². The van der Waals surface area contributed by atoms with E-state index in [0.29, 0.717) is 30.0 Å². The fraction of sp³-hybridized carbons (Fsp3) is 0.292. The second-order valence-corrected chi connectivity index (χ2v) is 7.39. The number of methoxy groups -OCH3 is 1. The number of rotatable bonds is 6. The van der Waals surface area contributed by atoms with Gasteiger partial charge in [0.2, 0.25) is 0 Å². The number of fused-ring (bicyclic) bond motifs is 1. The predicted molar refractivity (Wildman–Crippen MR) is 115 cm³/mol. The fourth-order valence-electron chi connectivity index (χ4n) is 3.73. The quantitative estimate of drug-likeness (QED) is 0.652. The highest BCUT2D eigenvalue weighted by atomic mass is 19.1. The molecule has 0 aromatic heterocycles. The van der Waals surface area contributed by atoms with Gasteiger partial charge in [-0.1, -0.05) is 18.2 Å². The molecule has 0 spiro atoms. The summed E-state index contributed by atoms with van der Waals surface area (Å²) in [6.07, 6.45) is 0.831. The molecule has 0 radical (unpaired) electrons.